The second-order valence-electron chi connectivity index (χ2n) is 13.2. The Labute approximate surface area is 254 Å². The Bertz CT molecular complexity index is 1630. The molecule has 1 N–H and O–H groups in total. The van der Waals surface area contributed by atoms with Crippen molar-refractivity contribution in [2.75, 3.05) is 31.5 Å². The van der Waals surface area contributed by atoms with E-state index in [0.29, 0.717) is 17.2 Å². The molecule has 1 atom stereocenters. The van der Waals surface area contributed by atoms with Gasteiger partial charge in [0.2, 0.25) is 11.8 Å². The van der Waals surface area contributed by atoms with E-state index in [-0.39, 0.29) is 46.7 Å². The van der Waals surface area contributed by atoms with Crippen LogP contribution in [0, 0.1) is 25.2 Å². The molecule has 4 bridgehead atoms. The molecule has 6 rings (SSSR count). The number of benzene rings is 2. The number of aryl methyl sites for hydroxylation is 2. The molecule has 0 radical (unpaired) electrons. The predicted octanol–water partition coefficient (Wildman–Crippen LogP) is 5.29. The molecular formula is C33H41N5O4S. The van der Waals surface area contributed by atoms with Gasteiger partial charge in [-0.1, -0.05) is 38.1 Å². The number of ether oxygens (including phenoxy) is 1. The largest absolute Gasteiger partial charge is 0.475 e. The SMILES string of the molecule is Cc1cccc(C)c1-c1cc2nc(n1)NS(=O)(=O)c1cccc(c1)C(=O)N([C@H]1C[C@]3(CCN(C)C3)C1)[C@H](CC(C)C)CO2. The van der Waals surface area contributed by atoms with Crippen LogP contribution in [0.3, 0.4) is 0 Å². The number of carbonyl (C=O) groups excluding carboxylic acids is 1. The molecular weight excluding hydrogens is 562 g/mol. The number of nitrogens with one attached hydrogen (secondary N) is 1. The molecule has 2 fully saturated rings. The fraction of sp³-hybridized carbons (Fsp3) is 0.485. The van der Waals surface area contributed by atoms with Crippen LogP contribution < -0.4 is 9.46 Å². The number of sulfonamides is 1. The molecule has 10 heteroatoms. The van der Waals surface area contributed by atoms with Gasteiger partial charge in [-0.2, -0.15) is 4.98 Å². The van der Waals surface area contributed by atoms with Gasteiger partial charge in [0.1, 0.15) is 6.61 Å². The van der Waals surface area contributed by atoms with E-state index in [1.54, 1.807) is 18.2 Å². The first-order valence-electron chi connectivity index (χ1n) is 15.2. The van der Waals surface area contributed by atoms with Crippen LogP contribution >= 0.6 is 0 Å². The molecule has 1 spiro atoms. The lowest BCUT2D eigenvalue weighted by Gasteiger charge is -2.52. The fourth-order valence-electron chi connectivity index (χ4n) is 7.26. The minimum atomic E-state index is -4.09. The van der Waals surface area contributed by atoms with Crippen LogP contribution in [-0.4, -0.2) is 72.9 Å². The number of amides is 1. The highest BCUT2D eigenvalue weighted by Gasteiger charge is 2.51. The van der Waals surface area contributed by atoms with Crippen LogP contribution in [0.15, 0.2) is 53.4 Å². The van der Waals surface area contributed by atoms with Crippen molar-refractivity contribution in [2.24, 2.45) is 11.3 Å². The molecule has 1 aromatic heterocycles. The van der Waals surface area contributed by atoms with E-state index in [9.17, 15) is 13.2 Å². The lowest BCUT2D eigenvalue weighted by Crippen LogP contribution is -2.58. The number of fused-ring (bicyclic) bond motifs is 4. The molecule has 2 aromatic carbocycles. The van der Waals surface area contributed by atoms with E-state index in [1.807, 2.05) is 36.9 Å². The zero-order valence-electron chi connectivity index (χ0n) is 25.6. The topological polar surface area (TPSA) is 105 Å². The maximum Gasteiger partial charge on any atom is 0.264 e. The molecule has 0 unspecified atom stereocenters. The summed E-state index contributed by atoms with van der Waals surface area (Å²) in [7, 11) is -1.94. The summed E-state index contributed by atoms with van der Waals surface area (Å²) < 4.78 is 36.1. The van der Waals surface area contributed by atoms with Crippen LogP contribution in [0.2, 0.25) is 0 Å². The highest BCUT2D eigenvalue weighted by atomic mass is 32.2. The number of carbonyl (C=O) groups is 1. The number of anilines is 1. The van der Waals surface area contributed by atoms with E-state index in [4.69, 9.17) is 4.74 Å². The standard InChI is InChI=1S/C33H41N5O4S/c1-21(2)14-25-19-42-29-16-28(30-22(3)8-6-9-23(30)4)34-32(35-29)36-43(40,41)27-11-7-10-24(15-27)31(39)38(25)26-17-33(18-26)12-13-37(5)20-33/h6-11,15-16,21,25-26H,12-14,17-20H2,1-5H3,(H,34,35,36)/t25-,26-,33+/m1/s1. The van der Waals surface area contributed by atoms with Gasteiger partial charge in [0, 0.05) is 29.8 Å². The molecule has 1 amide bonds. The fourth-order valence-corrected chi connectivity index (χ4v) is 8.25. The van der Waals surface area contributed by atoms with E-state index < -0.39 is 10.0 Å². The summed E-state index contributed by atoms with van der Waals surface area (Å²) in [5, 5.41) is 0. The first-order valence-corrected chi connectivity index (χ1v) is 16.6. The van der Waals surface area contributed by atoms with Crippen molar-refractivity contribution in [3.8, 4) is 17.1 Å². The summed E-state index contributed by atoms with van der Waals surface area (Å²) in [4.78, 5) is 27.8. The highest BCUT2D eigenvalue weighted by molar-refractivity contribution is 7.92. The number of hydrogen-bond donors (Lipinski definition) is 1. The Balaban J connectivity index is 1.45. The molecule has 1 aliphatic carbocycles. The third kappa shape index (κ3) is 5.87. The number of hydrogen-bond acceptors (Lipinski definition) is 7. The summed E-state index contributed by atoms with van der Waals surface area (Å²) in [5.41, 5.74) is 4.08. The first-order chi connectivity index (χ1) is 20.4. The van der Waals surface area contributed by atoms with Crippen molar-refractivity contribution < 1.29 is 17.9 Å². The van der Waals surface area contributed by atoms with Crippen molar-refractivity contribution in [1.29, 1.82) is 0 Å². The van der Waals surface area contributed by atoms with Crippen molar-refractivity contribution in [3.05, 3.63) is 65.2 Å². The Morgan fingerprint density at radius 3 is 2.47 bits per heavy atom. The molecule has 228 valence electrons. The number of rotatable bonds is 4. The second kappa shape index (κ2) is 11.2. The molecule has 1 saturated carbocycles. The van der Waals surface area contributed by atoms with E-state index >= 15 is 0 Å². The third-order valence-electron chi connectivity index (χ3n) is 9.21. The van der Waals surface area contributed by atoms with Crippen LogP contribution in [0.25, 0.3) is 11.3 Å². The molecule has 3 aromatic rings. The minimum Gasteiger partial charge on any atom is -0.475 e. The van der Waals surface area contributed by atoms with E-state index in [2.05, 4.69) is 40.5 Å². The van der Waals surface area contributed by atoms with Crippen molar-refractivity contribution in [2.45, 2.75) is 70.4 Å². The van der Waals surface area contributed by atoms with Crippen LogP contribution in [0.4, 0.5) is 5.95 Å². The van der Waals surface area contributed by atoms with Crippen LogP contribution in [0.1, 0.15) is 61.0 Å². The lowest BCUT2D eigenvalue weighted by molar-refractivity contribution is -0.0182. The molecule has 43 heavy (non-hydrogen) atoms. The number of aromatic nitrogens is 2. The van der Waals surface area contributed by atoms with Gasteiger partial charge < -0.3 is 14.5 Å². The molecule has 2 aliphatic heterocycles. The van der Waals surface area contributed by atoms with E-state index in [1.165, 1.54) is 12.1 Å². The zero-order chi connectivity index (χ0) is 30.5. The van der Waals surface area contributed by atoms with Crippen molar-refractivity contribution >= 4 is 21.9 Å². The predicted molar refractivity (Wildman–Crippen MR) is 167 cm³/mol. The van der Waals surface area contributed by atoms with Crippen molar-refractivity contribution in [1.82, 2.24) is 19.8 Å². The summed E-state index contributed by atoms with van der Waals surface area (Å²) in [5.74, 6) is 0.339. The summed E-state index contributed by atoms with van der Waals surface area (Å²) in [6, 6.07) is 13.9. The molecule has 9 nitrogen and oxygen atoms in total. The maximum absolute atomic E-state index is 14.3. The van der Waals surface area contributed by atoms with Gasteiger partial charge in [-0.15, -0.1) is 0 Å². The van der Waals surface area contributed by atoms with Gasteiger partial charge in [-0.3, -0.25) is 4.79 Å². The van der Waals surface area contributed by atoms with Crippen molar-refractivity contribution in [3.63, 3.8) is 0 Å². The maximum atomic E-state index is 14.3. The minimum absolute atomic E-state index is 0.0102. The van der Waals surface area contributed by atoms with Gasteiger partial charge >= 0.3 is 0 Å². The first kappa shape index (κ1) is 29.6. The van der Waals surface area contributed by atoms with Gasteiger partial charge in [0.05, 0.1) is 16.6 Å². The Morgan fingerprint density at radius 2 is 1.79 bits per heavy atom. The average Bonchev–Trinajstić information content (AvgIpc) is 3.32. The molecule has 1 saturated heterocycles. The van der Waals surface area contributed by atoms with Crippen LogP contribution in [-0.2, 0) is 10.0 Å². The van der Waals surface area contributed by atoms with Gasteiger partial charge in [-0.05, 0) is 93.8 Å². The number of nitrogens with zero attached hydrogens (tertiary/aromatic N) is 4. The second-order valence-corrected chi connectivity index (χ2v) is 14.9. The smallest absolute Gasteiger partial charge is 0.264 e. The average molecular weight is 604 g/mol. The van der Waals surface area contributed by atoms with E-state index in [0.717, 1.165) is 55.5 Å². The molecule has 3 heterocycles. The van der Waals surface area contributed by atoms with Crippen LogP contribution in [0.5, 0.6) is 5.88 Å². The lowest BCUT2D eigenvalue weighted by atomic mass is 9.64. The summed E-state index contributed by atoms with van der Waals surface area (Å²) >= 11 is 0. The summed E-state index contributed by atoms with van der Waals surface area (Å²) in [6.45, 7) is 10.7. The number of likely N-dealkylation sites (tertiary alicyclic amines) is 1. The quantitative estimate of drug-likeness (QED) is 0.432. The third-order valence-corrected chi connectivity index (χ3v) is 10.5. The molecule has 3 aliphatic rings. The normalized spacial score (nSPS) is 25.3. The Morgan fingerprint density at radius 1 is 1.07 bits per heavy atom. The zero-order valence-corrected chi connectivity index (χ0v) is 26.4. The monoisotopic (exact) mass is 603 g/mol. The highest BCUT2D eigenvalue weighted by Crippen LogP contribution is 2.50. The Kier molecular flexibility index (Phi) is 7.71. The van der Waals surface area contributed by atoms with Gasteiger partial charge in [0.15, 0.2) is 0 Å². The Hall–Kier alpha value is -3.50. The van der Waals surface area contributed by atoms with Gasteiger partial charge in [0.25, 0.3) is 15.9 Å². The summed E-state index contributed by atoms with van der Waals surface area (Å²) in [6.07, 6.45) is 3.75. The van der Waals surface area contributed by atoms with Gasteiger partial charge in [-0.25, -0.2) is 18.1 Å².